The maximum atomic E-state index is 12.4. The van der Waals surface area contributed by atoms with E-state index in [2.05, 4.69) is 5.10 Å². The van der Waals surface area contributed by atoms with Gasteiger partial charge in [0.15, 0.2) is 0 Å². The number of sulfonamides is 1. The van der Waals surface area contributed by atoms with Gasteiger partial charge in [0, 0.05) is 14.1 Å². The van der Waals surface area contributed by atoms with Crippen molar-refractivity contribution in [2.75, 3.05) is 14.2 Å². The molecule has 0 amide bonds. The summed E-state index contributed by atoms with van der Waals surface area (Å²) in [6, 6.07) is 7.88. The smallest absolute Gasteiger partial charge is 0.243 e. The van der Waals surface area contributed by atoms with Gasteiger partial charge in [-0.15, -0.1) is 0 Å². The molecule has 114 valence electrons. The first-order valence-corrected chi connectivity index (χ1v) is 7.95. The molecular formula is C13H16ClN3O3S. The zero-order valence-corrected chi connectivity index (χ0v) is 13.5. The van der Waals surface area contributed by atoms with Gasteiger partial charge >= 0.3 is 0 Å². The molecule has 0 fully saturated rings. The summed E-state index contributed by atoms with van der Waals surface area (Å²) in [5.41, 5.74) is 0.585. The fraction of sp³-hybridized carbons (Fsp3) is 0.308. The molecule has 1 aromatic carbocycles. The predicted octanol–water partition coefficient (Wildman–Crippen LogP) is 1.90. The summed E-state index contributed by atoms with van der Waals surface area (Å²) in [6.07, 6.45) is 0. The van der Waals surface area contributed by atoms with E-state index < -0.39 is 10.0 Å². The Kier molecular flexibility index (Phi) is 4.55. The molecule has 0 aliphatic carbocycles. The zero-order chi connectivity index (χ0) is 15.6. The zero-order valence-electron chi connectivity index (χ0n) is 11.9. The van der Waals surface area contributed by atoms with E-state index in [0.29, 0.717) is 16.6 Å². The van der Waals surface area contributed by atoms with Crippen LogP contribution in [0.4, 0.5) is 0 Å². The van der Waals surface area contributed by atoms with E-state index >= 15 is 0 Å². The second-order valence-corrected chi connectivity index (χ2v) is 6.95. The number of aromatic nitrogens is 2. The van der Waals surface area contributed by atoms with Crippen LogP contribution in [0.25, 0.3) is 0 Å². The summed E-state index contributed by atoms with van der Waals surface area (Å²) >= 11 is 5.90. The Bertz CT molecular complexity index is 706. The first kappa shape index (κ1) is 15.8. The number of halogens is 1. The van der Waals surface area contributed by atoms with Gasteiger partial charge in [-0.25, -0.2) is 8.42 Å². The molecule has 2 aromatic rings. The molecule has 1 aromatic heterocycles. The van der Waals surface area contributed by atoms with Crippen LogP contribution in [-0.4, -0.2) is 36.7 Å². The summed E-state index contributed by atoms with van der Waals surface area (Å²) in [5, 5.41) is 4.60. The number of hydrogen-bond donors (Lipinski definition) is 0. The average molecular weight is 330 g/mol. The molecule has 6 nitrogen and oxygen atoms in total. The molecule has 1 heterocycles. The van der Waals surface area contributed by atoms with E-state index in [4.69, 9.17) is 16.3 Å². The predicted molar refractivity (Wildman–Crippen MR) is 79.9 cm³/mol. The third-order valence-electron chi connectivity index (χ3n) is 3.03. The van der Waals surface area contributed by atoms with Crippen LogP contribution in [0.2, 0.25) is 5.15 Å². The maximum Gasteiger partial charge on any atom is 0.243 e. The van der Waals surface area contributed by atoms with Crippen LogP contribution < -0.4 is 4.74 Å². The summed E-state index contributed by atoms with van der Waals surface area (Å²) < 4.78 is 32.6. The van der Waals surface area contributed by atoms with Crippen LogP contribution in [0, 0.1) is 0 Å². The molecule has 0 saturated heterocycles. The Morgan fingerprint density at radius 3 is 2.43 bits per heavy atom. The van der Waals surface area contributed by atoms with Gasteiger partial charge in [-0.3, -0.25) is 4.68 Å². The van der Waals surface area contributed by atoms with E-state index in [0.717, 1.165) is 0 Å². The van der Waals surface area contributed by atoms with E-state index in [-0.39, 0.29) is 11.4 Å². The monoisotopic (exact) mass is 329 g/mol. The van der Waals surface area contributed by atoms with E-state index in [9.17, 15) is 8.42 Å². The van der Waals surface area contributed by atoms with Gasteiger partial charge in [-0.1, -0.05) is 11.6 Å². The van der Waals surface area contributed by atoms with Crippen LogP contribution in [0.15, 0.2) is 35.2 Å². The standard InChI is InChI=1S/C13H16ClN3O3S/c1-16(9-10-8-13(14)17(2)15-10)21(18,19)12-6-4-11(20-3)5-7-12/h4-8H,9H2,1-3H3. The SMILES string of the molecule is COc1ccc(S(=O)(=O)N(C)Cc2cc(Cl)n(C)n2)cc1. The van der Waals surface area contributed by atoms with Crippen molar-refractivity contribution in [3.8, 4) is 5.75 Å². The molecule has 0 saturated carbocycles. The van der Waals surface area contributed by atoms with Gasteiger partial charge in [-0.2, -0.15) is 9.40 Å². The molecule has 0 unspecified atom stereocenters. The average Bonchev–Trinajstić information content (AvgIpc) is 2.77. The largest absolute Gasteiger partial charge is 0.497 e. The van der Waals surface area contributed by atoms with Gasteiger partial charge in [0.1, 0.15) is 10.9 Å². The number of hydrogen-bond acceptors (Lipinski definition) is 4. The lowest BCUT2D eigenvalue weighted by molar-refractivity contribution is 0.414. The molecule has 0 radical (unpaired) electrons. The lowest BCUT2D eigenvalue weighted by atomic mass is 10.3. The Balaban J connectivity index is 2.21. The highest BCUT2D eigenvalue weighted by molar-refractivity contribution is 7.89. The molecule has 0 spiro atoms. The van der Waals surface area contributed by atoms with Crippen molar-refractivity contribution in [2.24, 2.45) is 7.05 Å². The van der Waals surface area contributed by atoms with Crippen molar-refractivity contribution >= 4 is 21.6 Å². The minimum Gasteiger partial charge on any atom is -0.497 e. The first-order valence-electron chi connectivity index (χ1n) is 6.13. The van der Waals surface area contributed by atoms with Gasteiger partial charge in [0.05, 0.1) is 24.2 Å². The van der Waals surface area contributed by atoms with Gasteiger partial charge in [-0.05, 0) is 30.3 Å². The van der Waals surface area contributed by atoms with Crippen LogP contribution in [0.3, 0.4) is 0 Å². The van der Waals surface area contributed by atoms with Crippen molar-refractivity contribution in [1.29, 1.82) is 0 Å². The molecule has 0 atom stereocenters. The molecular weight excluding hydrogens is 314 g/mol. The third-order valence-corrected chi connectivity index (χ3v) is 5.20. The number of rotatable bonds is 5. The fourth-order valence-corrected chi connectivity index (χ4v) is 3.12. The number of nitrogens with zero attached hydrogens (tertiary/aromatic N) is 3. The normalized spacial score (nSPS) is 11.9. The second-order valence-electron chi connectivity index (χ2n) is 4.52. The third kappa shape index (κ3) is 3.37. The molecule has 0 N–H and O–H groups in total. The van der Waals surface area contributed by atoms with Crippen LogP contribution in [-0.2, 0) is 23.6 Å². The van der Waals surface area contributed by atoms with Crippen molar-refractivity contribution in [3.63, 3.8) is 0 Å². The minimum absolute atomic E-state index is 0.148. The van der Waals surface area contributed by atoms with Gasteiger partial charge < -0.3 is 4.74 Å². The van der Waals surface area contributed by atoms with Crippen molar-refractivity contribution < 1.29 is 13.2 Å². The quantitative estimate of drug-likeness (QED) is 0.840. The number of aryl methyl sites for hydroxylation is 1. The molecule has 8 heteroatoms. The van der Waals surface area contributed by atoms with Crippen LogP contribution >= 0.6 is 11.6 Å². The molecule has 0 bridgehead atoms. The lowest BCUT2D eigenvalue weighted by Crippen LogP contribution is -2.26. The van der Waals surface area contributed by atoms with Crippen LogP contribution in [0.5, 0.6) is 5.75 Å². The van der Waals surface area contributed by atoms with Gasteiger partial charge in [0.25, 0.3) is 0 Å². The minimum atomic E-state index is -3.58. The summed E-state index contributed by atoms with van der Waals surface area (Å²) in [6.45, 7) is 0.148. The lowest BCUT2D eigenvalue weighted by Gasteiger charge is -2.16. The maximum absolute atomic E-state index is 12.4. The highest BCUT2D eigenvalue weighted by Gasteiger charge is 2.22. The highest BCUT2D eigenvalue weighted by Crippen LogP contribution is 2.20. The molecule has 21 heavy (non-hydrogen) atoms. The van der Waals surface area contributed by atoms with Crippen LogP contribution in [0.1, 0.15) is 5.69 Å². The first-order chi connectivity index (χ1) is 9.84. The highest BCUT2D eigenvalue weighted by atomic mass is 35.5. The topological polar surface area (TPSA) is 64.4 Å². The Morgan fingerprint density at radius 1 is 1.33 bits per heavy atom. The summed E-state index contributed by atoms with van der Waals surface area (Å²) in [7, 11) is 1.15. The number of benzene rings is 1. The number of ether oxygens (including phenoxy) is 1. The summed E-state index contributed by atoms with van der Waals surface area (Å²) in [5.74, 6) is 0.605. The summed E-state index contributed by atoms with van der Waals surface area (Å²) in [4.78, 5) is 0.202. The number of methoxy groups -OCH3 is 1. The van der Waals surface area contributed by atoms with E-state index in [1.54, 1.807) is 25.2 Å². The molecule has 2 rings (SSSR count). The Labute approximate surface area is 128 Å². The van der Waals surface area contributed by atoms with Crippen molar-refractivity contribution in [2.45, 2.75) is 11.4 Å². The molecule has 0 aliphatic heterocycles. The fourth-order valence-electron chi connectivity index (χ4n) is 1.82. The second kappa shape index (κ2) is 6.05. The van der Waals surface area contributed by atoms with E-state index in [1.807, 2.05) is 0 Å². The van der Waals surface area contributed by atoms with E-state index in [1.165, 1.54) is 35.3 Å². The van der Waals surface area contributed by atoms with Crippen molar-refractivity contribution in [3.05, 3.63) is 41.2 Å². The Morgan fingerprint density at radius 2 is 1.95 bits per heavy atom. The van der Waals surface area contributed by atoms with Gasteiger partial charge in [0.2, 0.25) is 10.0 Å². The molecule has 0 aliphatic rings. The Hall–Kier alpha value is -1.57. The van der Waals surface area contributed by atoms with Crippen molar-refractivity contribution in [1.82, 2.24) is 14.1 Å².